The molecule has 1 fully saturated rings. The minimum atomic E-state index is -0.450. The minimum absolute atomic E-state index is 0.0933. The minimum Gasteiger partial charge on any atom is -0.489 e. The molecular formula is C24H26N6O5S. The number of thioether (sulfide) groups is 1. The van der Waals surface area contributed by atoms with Gasteiger partial charge in [0.1, 0.15) is 12.3 Å². The van der Waals surface area contributed by atoms with Gasteiger partial charge in [-0.3, -0.25) is 9.59 Å². The molecule has 36 heavy (non-hydrogen) atoms. The fraction of sp³-hybridized carbons (Fsp3) is 0.375. The van der Waals surface area contributed by atoms with Crippen molar-refractivity contribution < 1.29 is 24.2 Å². The fourth-order valence-electron chi connectivity index (χ4n) is 4.16. The van der Waals surface area contributed by atoms with Gasteiger partial charge in [-0.05, 0) is 36.4 Å². The van der Waals surface area contributed by atoms with Crippen molar-refractivity contribution in [2.75, 3.05) is 32.1 Å². The first-order valence-electron chi connectivity index (χ1n) is 11.6. The van der Waals surface area contributed by atoms with Crippen LogP contribution in [-0.2, 0) is 17.9 Å². The van der Waals surface area contributed by atoms with E-state index in [1.54, 1.807) is 40.0 Å². The van der Waals surface area contributed by atoms with Crippen molar-refractivity contribution in [1.82, 2.24) is 30.2 Å². The Morgan fingerprint density at radius 1 is 1.22 bits per heavy atom. The topological polar surface area (TPSA) is 132 Å². The van der Waals surface area contributed by atoms with Gasteiger partial charge in [-0.15, -0.1) is 16.9 Å². The molecule has 2 amide bonds. The number of likely N-dealkylation sites (tertiary alicyclic amines) is 1. The van der Waals surface area contributed by atoms with Gasteiger partial charge >= 0.3 is 0 Å². The molecule has 1 aromatic carbocycles. The predicted molar refractivity (Wildman–Crippen MR) is 130 cm³/mol. The molecule has 188 valence electrons. The molecule has 0 unspecified atom stereocenters. The molecule has 5 rings (SSSR count). The highest BCUT2D eigenvalue weighted by Gasteiger charge is 2.38. The molecule has 11 nitrogen and oxygen atoms in total. The van der Waals surface area contributed by atoms with Gasteiger partial charge < -0.3 is 24.8 Å². The zero-order valence-electron chi connectivity index (χ0n) is 19.4. The molecule has 2 aliphatic rings. The van der Waals surface area contributed by atoms with Crippen molar-refractivity contribution in [3.63, 3.8) is 0 Å². The van der Waals surface area contributed by atoms with Crippen LogP contribution in [0.25, 0.3) is 0 Å². The van der Waals surface area contributed by atoms with Gasteiger partial charge in [0.15, 0.2) is 11.4 Å². The van der Waals surface area contributed by atoms with Crippen molar-refractivity contribution in [2.24, 2.45) is 0 Å². The number of benzene rings is 1. The smallest absolute Gasteiger partial charge is 0.274 e. The van der Waals surface area contributed by atoms with Gasteiger partial charge in [0.2, 0.25) is 0 Å². The Morgan fingerprint density at radius 2 is 2.08 bits per heavy atom. The van der Waals surface area contributed by atoms with Crippen molar-refractivity contribution in [3.05, 3.63) is 65.7 Å². The van der Waals surface area contributed by atoms with Gasteiger partial charge in [0.25, 0.3) is 11.8 Å². The predicted octanol–water partition coefficient (Wildman–Crippen LogP) is 0.990. The molecule has 3 aromatic rings. The third-order valence-corrected chi connectivity index (χ3v) is 6.92. The summed E-state index contributed by atoms with van der Waals surface area (Å²) in [6.07, 6.45) is 2.88. The van der Waals surface area contributed by atoms with Crippen LogP contribution in [-0.4, -0.2) is 86.0 Å². The molecule has 4 heterocycles. The Hall–Kier alpha value is -3.48. The second-order valence-electron chi connectivity index (χ2n) is 8.41. The monoisotopic (exact) mass is 510 g/mol. The summed E-state index contributed by atoms with van der Waals surface area (Å²) in [6.45, 7) is 1.63. The number of fused-ring (bicyclic) bond motifs is 4. The number of nitrogens with zero attached hydrogens (tertiary/aromatic N) is 5. The number of pyridine rings is 1. The summed E-state index contributed by atoms with van der Waals surface area (Å²) in [4.78, 5) is 33.3. The van der Waals surface area contributed by atoms with Gasteiger partial charge in [-0.1, -0.05) is 5.21 Å². The number of carbonyl (C=O) groups is 2. The van der Waals surface area contributed by atoms with E-state index in [1.165, 1.54) is 18.0 Å². The normalized spacial score (nSPS) is 20.0. The summed E-state index contributed by atoms with van der Waals surface area (Å²) in [5.74, 6) is 0.425. The van der Waals surface area contributed by atoms with Crippen molar-refractivity contribution in [2.45, 2.75) is 30.2 Å². The van der Waals surface area contributed by atoms with E-state index >= 15 is 0 Å². The van der Waals surface area contributed by atoms with Crippen molar-refractivity contribution in [1.29, 1.82) is 0 Å². The van der Waals surface area contributed by atoms with E-state index in [9.17, 15) is 9.59 Å². The number of amides is 2. The summed E-state index contributed by atoms with van der Waals surface area (Å²) in [5.41, 5.74) is 1.37. The highest BCUT2D eigenvalue weighted by atomic mass is 32.2. The Kier molecular flexibility index (Phi) is 7.44. The second-order valence-corrected chi connectivity index (χ2v) is 9.58. The molecular weight excluding hydrogens is 484 g/mol. The number of carbonyl (C=O) groups excluding carboxylic acids is 2. The van der Waals surface area contributed by atoms with E-state index < -0.39 is 18.1 Å². The first-order chi connectivity index (χ1) is 17.6. The van der Waals surface area contributed by atoms with E-state index in [-0.39, 0.29) is 31.4 Å². The van der Waals surface area contributed by atoms with Crippen LogP contribution in [0.15, 0.2) is 53.7 Å². The summed E-state index contributed by atoms with van der Waals surface area (Å²) >= 11 is 1.52. The molecule has 0 spiro atoms. The number of ether oxygens (including phenoxy) is 2. The second kappa shape index (κ2) is 11.1. The van der Waals surface area contributed by atoms with Crippen LogP contribution in [0, 0.1) is 0 Å². The van der Waals surface area contributed by atoms with Crippen LogP contribution in [0.2, 0.25) is 0 Å². The maximum Gasteiger partial charge on any atom is 0.274 e. The molecule has 1 saturated heterocycles. The maximum absolute atomic E-state index is 13.3. The summed E-state index contributed by atoms with van der Waals surface area (Å²) in [6, 6.07) is 10.2. The summed E-state index contributed by atoms with van der Waals surface area (Å²) in [5, 5.41) is 20.2. The van der Waals surface area contributed by atoms with E-state index in [2.05, 4.69) is 20.6 Å². The number of aliphatic hydroxyl groups excluding tert-OH is 1. The molecule has 2 bridgehead atoms. The van der Waals surface area contributed by atoms with E-state index in [0.29, 0.717) is 42.5 Å². The molecule has 0 saturated carbocycles. The van der Waals surface area contributed by atoms with Crippen LogP contribution < -0.4 is 10.1 Å². The maximum atomic E-state index is 13.3. The van der Waals surface area contributed by atoms with Gasteiger partial charge in [0, 0.05) is 35.5 Å². The summed E-state index contributed by atoms with van der Waals surface area (Å²) in [7, 11) is 0. The molecule has 2 aromatic heterocycles. The molecule has 0 aliphatic carbocycles. The first-order valence-corrected chi connectivity index (χ1v) is 12.6. The number of rotatable bonds is 4. The highest BCUT2D eigenvalue weighted by Crippen LogP contribution is 2.23. The van der Waals surface area contributed by atoms with Gasteiger partial charge in [-0.25, -0.2) is 9.67 Å². The van der Waals surface area contributed by atoms with Crippen LogP contribution in [0.4, 0.5) is 0 Å². The largest absolute Gasteiger partial charge is 0.489 e. The number of hydrogen-bond acceptors (Lipinski definition) is 9. The van der Waals surface area contributed by atoms with Crippen LogP contribution in [0.3, 0.4) is 0 Å². The third kappa shape index (κ3) is 5.50. The third-order valence-electron chi connectivity index (χ3n) is 5.93. The lowest BCUT2D eigenvalue weighted by Crippen LogP contribution is -2.44. The molecule has 2 atom stereocenters. The zero-order valence-corrected chi connectivity index (χ0v) is 20.3. The zero-order chi connectivity index (χ0) is 24.9. The summed E-state index contributed by atoms with van der Waals surface area (Å²) < 4.78 is 13.6. The SMILES string of the molecule is O=C1N[C@H]2CN(C(=O)c3ccc(SCCO)cc3)C[C@@H]2OCc2cn(nn2)CCOc2cccnc21. The van der Waals surface area contributed by atoms with Crippen molar-refractivity contribution in [3.8, 4) is 5.75 Å². The Bertz CT molecular complexity index is 1220. The van der Waals surface area contributed by atoms with Crippen LogP contribution >= 0.6 is 11.8 Å². The Labute approximate surface area is 211 Å². The average molecular weight is 511 g/mol. The molecule has 2 aliphatic heterocycles. The number of aromatic nitrogens is 4. The lowest BCUT2D eigenvalue weighted by molar-refractivity contribution is 0.0290. The molecule has 12 heteroatoms. The van der Waals surface area contributed by atoms with E-state index in [0.717, 1.165) is 4.90 Å². The Morgan fingerprint density at radius 3 is 2.92 bits per heavy atom. The van der Waals surface area contributed by atoms with Crippen LogP contribution in [0.5, 0.6) is 5.75 Å². The number of aliphatic hydroxyl groups is 1. The lowest BCUT2D eigenvalue weighted by atomic mass is 10.2. The van der Waals surface area contributed by atoms with Gasteiger partial charge in [-0.2, -0.15) is 0 Å². The van der Waals surface area contributed by atoms with Crippen LogP contribution in [0.1, 0.15) is 26.5 Å². The quantitative estimate of drug-likeness (QED) is 0.493. The van der Waals surface area contributed by atoms with Crippen molar-refractivity contribution >= 4 is 23.6 Å². The fourth-order valence-corrected chi connectivity index (χ4v) is 4.81. The molecule has 0 radical (unpaired) electrons. The standard InChI is InChI=1S/C24H26N6O5S/c31-9-11-36-18-5-3-16(4-6-18)24(33)29-13-19-21(14-29)35-15-17-12-30(28-27-17)8-10-34-20-2-1-7-25-22(20)23(32)26-19/h1-7,12,19,21,31H,8-11,13-15H2,(H,26,32)/t19-,21-/m0/s1. The number of hydrogen-bond donors (Lipinski definition) is 2. The lowest BCUT2D eigenvalue weighted by Gasteiger charge is -2.20. The number of nitrogens with one attached hydrogen (secondary N) is 1. The highest BCUT2D eigenvalue weighted by molar-refractivity contribution is 7.99. The van der Waals surface area contributed by atoms with Gasteiger partial charge in [0.05, 0.1) is 38.1 Å². The Balaban J connectivity index is 1.36. The first kappa shape index (κ1) is 24.2. The van der Waals surface area contributed by atoms with E-state index in [1.807, 2.05) is 12.1 Å². The van der Waals surface area contributed by atoms with E-state index in [4.69, 9.17) is 14.6 Å². The molecule has 2 N–H and O–H groups in total. The average Bonchev–Trinajstić information content (AvgIpc) is 3.52.